The van der Waals surface area contributed by atoms with Crippen LogP contribution in [0.5, 0.6) is 0 Å². The SMILES string of the molecule is Cc1ccc(N)c(C(CC2CCCCC2)C(=O)O)c1. The summed E-state index contributed by atoms with van der Waals surface area (Å²) in [5.74, 6) is -0.666. The quantitative estimate of drug-likeness (QED) is 0.812. The molecular weight excluding hydrogens is 238 g/mol. The van der Waals surface area contributed by atoms with E-state index in [1.165, 1.54) is 19.3 Å². The zero-order valence-corrected chi connectivity index (χ0v) is 11.6. The van der Waals surface area contributed by atoms with Crippen LogP contribution in [0.25, 0.3) is 0 Å². The minimum atomic E-state index is -0.747. The zero-order valence-electron chi connectivity index (χ0n) is 11.6. The molecular formula is C16H23NO2. The van der Waals surface area contributed by atoms with Crippen LogP contribution < -0.4 is 5.73 Å². The van der Waals surface area contributed by atoms with E-state index in [1.807, 2.05) is 25.1 Å². The van der Waals surface area contributed by atoms with Crippen LogP contribution in [0.2, 0.25) is 0 Å². The smallest absolute Gasteiger partial charge is 0.311 e. The van der Waals surface area contributed by atoms with E-state index >= 15 is 0 Å². The van der Waals surface area contributed by atoms with Crippen molar-refractivity contribution in [2.24, 2.45) is 5.92 Å². The zero-order chi connectivity index (χ0) is 13.8. The molecule has 0 aliphatic heterocycles. The summed E-state index contributed by atoms with van der Waals surface area (Å²) in [6.07, 6.45) is 6.81. The van der Waals surface area contributed by atoms with Crippen molar-refractivity contribution < 1.29 is 9.90 Å². The first-order valence-electron chi connectivity index (χ1n) is 7.16. The van der Waals surface area contributed by atoms with Gasteiger partial charge in [0, 0.05) is 5.69 Å². The standard InChI is InChI=1S/C16H23NO2/c1-11-7-8-15(17)13(9-11)14(16(18)19)10-12-5-3-2-4-6-12/h7-9,12,14H,2-6,10,17H2,1H3,(H,18,19). The average molecular weight is 261 g/mol. The molecule has 1 atom stereocenters. The summed E-state index contributed by atoms with van der Waals surface area (Å²) in [7, 11) is 0. The van der Waals surface area contributed by atoms with E-state index in [9.17, 15) is 9.90 Å². The van der Waals surface area contributed by atoms with Crippen molar-refractivity contribution in [3.05, 3.63) is 29.3 Å². The number of hydrogen-bond acceptors (Lipinski definition) is 2. The van der Waals surface area contributed by atoms with Crippen molar-refractivity contribution >= 4 is 11.7 Å². The van der Waals surface area contributed by atoms with E-state index in [0.717, 1.165) is 30.4 Å². The Morgan fingerprint density at radius 1 is 1.37 bits per heavy atom. The third-order valence-electron chi connectivity index (χ3n) is 4.21. The largest absolute Gasteiger partial charge is 0.481 e. The highest BCUT2D eigenvalue weighted by Gasteiger charge is 2.26. The fourth-order valence-corrected chi connectivity index (χ4v) is 3.11. The van der Waals surface area contributed by atoms with Gasteiger partial charge in [0.15, 0.2) is 0 Å². The van der Waals surface area contributed by atoms with Crippen molar-refractivity contribution in [2.75, 3.05) is 5.73 Å². The Morgan fingerprint density at radius 2 is 2.05 bits per heavy atom. The molecule has 1 aromatic carbocycles. The predicted octanol–water partition coefficient (Wildman–Crippen LogP) is 3.72. The molecule has 0 aromatic heterocycles. The Hall–Kier alpha value is -1.51. The highest BCUT2D eigenvalue weighted by Crippen LogP contribution is 2.35. The van der Waals surface area contributed by atoms with E-state index < -0.39 is 11.9 Å². The summed E-state index contributed by atoms with van der Waals surface area (Å²) in [4.78, 5) is 11.6. The lowest BCUT2D eigenvalue weighted by Crippen LogP contribution is -2.19. The lowest BCUT2D eigenvalue weighted by atomic mass is 9.80. The number of carbonyl (C=O) groups is 1. The Balaban J connectivity index is 2.19. The summed E-state index contributed by atoms with van der Waals surface area (Å²) in [5.41, 5.74) is 8.43. The first-order chi connectivity index (χ1) is 9.08. The van der Waals surface area contributed by atoms with Crippen molar-refractivity contribution in [3.8, 4) is 0 Å². The highest BCUT2D eigenvalue weighted by atomic mass is 16.4. The lowest BCUT2D eigenvalue weighted by Gasteiger charge is -2.25. The summed E-state index contributed by atoms with van der Waals surface area (Å²) >= 11 is 0. The fourth-order valence-electron chi connectivity index (χ4n) is 3.11. The molecule has 1 aliphatic rings. The minimum Gasteiger partial charge on any atom is -0.481 e. The van der Waals surface area contributed by atoms with Crippen LogP contribution in [0.3, 0.4) is 0 Å². The van der Waals surface area contributed by atoms with Crippen LogP contribution in [0.15, 0.2) is 18.2 Å². The van der Waals surface area contributed by atoms with Gasteiger partial charge in [0.25, 0.3) is 0 Å². The summed E-state index contributed by atoms with van der Waals surface area (Å²) in [5, 5.41) is 9.52. The number of benzene rings is 1. The Kier molecular flexibility index (Phi) is 4.46. The maximum absolute atomic E-state index is 11.6. The van der Waals surface area contributed by atoms with Crippen molar-refractivity contribution in [3.63, 3.8) is 0 Å². The van der Waals surface area contributed by atoms with E-state index in [-0.39, 0.29) is 0 Å². The third kappa shape index (κ3) is 3.49. The molecule has 1 unspecified atom stereocenters. The van der Waals surface area contributed by atoms with Gasteiger partial charge in [0.1, 0.15) is 0 Å². The molecule has 3 heteroatoms. The fraction of sp³-hybridized carbons (Fsp3) is 0.562. The van der Waals surface area contributed by atoms with Gasteiger partial charge >= 0.3 is 5.97 Å². The van der Waals surface area contributed by atoms with Crippen LogP contribution in [0.4, 0.5) is 5.69 Å². The average Bonchev–Trinajstić information content (AvgIpc) is 2.40. The number of carboxylic acid groups (broad SMARTS) is 1. The van der Waals surface area contributed by atoms with Crippen LogP contribution >= 0.6 is 0 Å². The third-order valence-corrected chi connectivity index (χ3v) is 4.21. The molecule has 0 saturated heterocycles. The van der Waals surface area contributed by atoms with Gasteiger partial charge < -0.3 is 10.8 Å². The first kappa shape index (κ1) is 13.9. The monoisotopic (exact) mass is 261 g/mol. The number of anilines is 1. The molecule has 0 heterocycles. The maximum Gasteiger partial charge on any atom is 0.311 e. The normalized spacial score (nSPS) is 18.2. The Bertz CT molecular complexity index is 450. The molecule has 2 rings (SSSR count). The second-order valence-electron chi connectivity index (χ2n) is 5.76. The van der Waals surface area contributed by atoms with Gasteiger partial charge in [-0.05, 0) is 30.9 Å². The molecule has 1 fully saturated rings. The topological polar surface area (TPSA) is 63.3 Å². The molecule has 0 amide bonds. The van der Waals surface area contributed by atoms with Crippen LogP contribution in [-0.4, -0.2) is 11.1 Å². The molecule has 0 radical (unpaired) electrons. The Labute approximate surface area is 114 Å². The summed E-state index contributed by atoms with van der Waals surface area (Å²) < 4.78 is 0. The Morgan fingerprint density at radius 3 is 2.68 bits per heavy atom. The maximum atomic E-state index is 11.6. The highest BCUT2D eigenvalue weighted by molar-refractivity contribution is 5.78. The van der Waals surface area contributed by atoms with Crippen LogP contribution in [0.1, 0.15) is 55.6 Å². The molecule has 19 heavy (non-hydrogen) atoms. The first-order valence-corrected chi connectivity index (χ1v) is 7.16. The molecule has 0 spiro atoms. The molecule has 3 nitrogen and oxygen atoms in total. The molecule has 104 valence electrons. The summed E-state index contributed by atoms with van der Waals surface area (Å²) in [6.45, 7) is 1.97. The van der Waals surface area contributed by atoms with Gasteiger partial charge in [-0.25, -0.2) is 0 Å². The number of carboxylic acids is 1. The van der Waals surface area contributed by atoms with Gasteiger partial charge in [-0.1, -0.05) is 49.8 Å². The molecule has 0 bridgehead atoms. The second-order valence-corrected chi connectivity index (χ2v) is 5.76. The number of aryl methyl sites for hydroxylation is 1. The molecule has 1 aromatic rings. The van der Waals surface area contributed by atoms with Gasteiger partial charge in [0.05, 0.1) is 5.92 Å². The number of aliphatic carboxylic acids is 1. The van der Waals surface area contributed by atoms with Crippen LogP contribution in [0, 0.1) is 12.8 Å². The van der Waals surface area contributed by atoms with E-state index in [0.29, 0.717) is 11.6 Å². The number of hydrogen-bond donors (Lipinski definition) is 2. The molecule has 1 saturated carbocycles. The molecule has 1 aliphatic carbocycles. The van der Waals surface area contributed by atoms with E-state index in [2.05, 4.69) is 0 Å². The number of rotatable bonds is 4. The number of nitrogens with two attached hydrogens (primary N) is 1. The van der Waals surface area contributed by atoms with Crippen LogP contribution in [-0.2, 0) is 4.79 Å². The van der Waals surface area contributed by atoms with E-state index in [1.54, 1.807) is 0 Å². The van der Waals surface area contributed by atoms with Gasteiger partial charge in [0.2, 0.25) is 0 Å². The van der Waals surface area contributed by atoms with Crippen molar-refractivity contribution in [2.45, 2.75) is 51.4 Å². The predicted molar refractivity (Wildman–Crippen MR) is 77.2 cm³/mol. The van der Waals surface area contributed by atoms with Crippen molar-refractivity contribution in [1.29, 1.82) is 0 Å². The van der Waals surface area contributed by atoms with Crippen molar-refractivity contribution in [1.82, 2.24) is 0 Å². The second kappa shape index (κ2) is 6.09. The van der Waals surface area contributed by atoms with Gasteiger partial charge in [-0.15, -0.1) is 0 Å². The summed E-state index contributed by atoms with van der Waals surface area (Å²) in [6, 6.07) is 5.68. The minimum absolute atomic E-state index is 0.456. The number of nitrogen functional groups attached to an aromatic ring is 1. The van der Waals surface area contributed by atoms with Gasteiger partial charge in [-0.2, -0.15) is 0 Å². The lowest BCUT2D eigenvalue weighted by molar-refractivity contribution is -0.139. The van der Waals surface area contributed by atoms with Gasteiger partial charge in [-0.3, -0.25) is 4.79 Å². The molecule has 3 N–H and O–H groups in total. The van der Waals surface area contributed by atoms with E-state index in [4.69, 9.17) is 5.73 Å².